The number of methoxy groups -OCH3 is 1. The zero-order chi connectivity index (χ0) is 24.2. The first kappa shape index (κ1) is 23.4. The van der Waals surface area contributed by atoms with Gasteiger partial charge in [-0.15, -0.1) is 10.2 Å². The number of carbonyl (C=O) groups excluding carboxylic acids is 2. The number of fused-ring (bicyclic) bond motifs is 3. The summed E-state index contributed by atoms with van der Waals surface area (Å²) in [6, 6.07) is 12.6. The Kier molecular flexibility index (Phi) is 6.93. The van der Waals surface area contributed by atoms with Gasteiger partial charge in [0.15, 0.2) is 5.82 Å². The van der Waals surface area contributed by atoms with Crippen LogP contribution in [0, 0.1) is 6.92 Å². The van der Waals surface area contributed by atoms with Gasteiger partial charge in [0.25, 0.3) is 0 Å². The minimum absolute atomic E-state index is 0.0699. The number of nitrogens with one attached hydrogen (secondary N) is 2. The van der Waals surface area contributed by atoms with E-state index in [0.29, 0.717) is 41.2 Å². The van der Waals surface area contributed by atoms with Gasteiger partial charge < -0.3 is 15.4 Å². The summed E-state index contributed by atoms with van der Waals surface area (Å²) < 4.78 is 7.40. The maximum absolute atomic E-state index is 12.8. The molecule has 2 aromatic carbocycles. The first-order valence-corrected chi connectivity index (χ1v) is 11.2. The first-order chi connectivity index (χ1) is 16.4. The van der Waals surface area contributed by atoms with Gasteiger partial charge in [0, 0.05) is 36.2 Å². The number of benzene rings is 2. The topological polar surface area (TPSA) is 110 Å². The Bertz CT molecular complexity index is 1250. The van der Waals surface area contributed by atoms with Gasteiger partial charge in [-0.2, -0.15) is 0 Å². The van der Waals surface area contributed by atoms with E-state index in [-0.39, 0.29) is 18.2 Å². The highest BCUT2D eigenvalue weighted by Gasteiger charge is 2.30. The molecule has 2 heterocycles. The molecule has 1 aliphatic heterocycles. The molecule has 0 saturated carbocycles. The van der Waals surface area contributed by atoms with Crippen molar-refractivity contribution in [3.05, 3.63) is 70.3 Å². The van der Waals surface area contributed by atoms with Gasteiger partial charge in [-0.05, 0) is 37.3 Å². The highest BCUT2D eigenvalue weighted by molar-refractivity contribution is 6.30. The molecule has 0 fully saturated rings. The smallest absolute Gasteiger partial charge is 0.222 e. The van der Waals surface area contributed by atoms with Crippen LogP contribution in [0.4, 0.5) is 0 Å². The zero-order valence-electron chi connectivity index (χ0n) is 19.1. The van der Waals surface area contributed by atoms with E-state index in [2.05, 4.69) is 20.8 Å². The molecule has 176 valence electrons. The highest BCUT2D eigenvalue weighted by Crippen LogP contribution is 2.34. The normalized spacial score (nSPS) is 14.4. The average Bonchev–Trinajstić information content (AvgIpc) is 3.14. The number of hydrogen-bond donors (Lipinski definition) is 2. The van der Waals surface area contributed by atoms with Crippen LogP contribution in [0.1, 0.15) is 42.2 Å². The molecule has 0 unspecified atom stereocenters. The van der Waals surface area contributed by atoms with Gasteiger partial charge in [0.05, 0.1) is 24.9 Å². The van der Waals surface area contributed by atoms with Crippen molar-refractivity contribution in [2.45, 2.75) is 26.3 Å². The third-order valence-corrected chi connectivity index (χ3v) is 5.70. The zero-order valence-corrected chi connectivity index (χ0v) is 19.9. The van der Waals surface area contributed by atoms with Gasteiger partial charge in [0.2, 0.25) is 11.8 Å². The molecule has 0 spiro atoms. The molecule has 34 heavy (non-hydrogen) atoms. The molecule has 1 aliphatic rings. The second kappa shape index (κ2) is 10.0. The molecular formula is C24H25ClN6O3. The number of aromatic nitrogens is 3. The first-order valence-electron chi connectivity index (χ1n) is 10.8. The summed E-state index contributed by atoms with van der Waals surface area (Å²) in [5.41, 5.74) is 3.23. The maximum atomic E-state index is 12.8. The Morgan fingerprint density at radius 1 is 1.09 bits per heavy atom. The molecule has 1 aromatic heterocycles. The summed E-state index contributed by atoms with van der Waals surface area (Å²) >= 11 is 6.12. The average molecular weight is 481 g/mol. The molecular weight excluding hydrogens is 456 g/mol. The standard InChI is InChI=1S/C24H25ClN6O3/c1-14-29-30-24-20(13-22(33)27-11-10-26-15(2)32)28-23(16-4-6-17(25)7-5-16)19-12-18(34-3)8-9-21(19)31(14)24/h4-9,12,20H,10-11,13H2,1-3H3,(H,26,32)(H,27,33)/t20-/m0/s1. The van der Waals surface area contributed by atoms with Crippen LogP contribution in [0.15, 0.2) is 47.5 Å². The van der Waals surface area contributed by atoms with E-state index in [0.717, 1.165) is 16.8 Å². The van der Waals surface area contributed by atoms with Crippen LogP contribution in [-0.4, -0.2) is 52.5 Å². The Morgan fingerprint density at radius 2 is 1.82 bits per heavy atom. The molecule has 2 N–H and O–H groups in total. The number of aliphatic imine (C=N–C) groups is 1. The quantitative estimate of drug-likeness (QED) is 0.505. The van der Waals surface area contributed by atoms with Crippen LogP contribution in [0.5, 0.6) is 5.75 Å². The van der Waals surface area contributed by atoms with Crippen molar-refractivity contribution < 1.29 is 14.3 Å². The van der Waals surface area contributed by atoms with Crippen LogP contribution in [0.25, 0.3) is 5.69 Å². The number of aryl methyl sites for hydroxylation is 1. The lowest BCUT2D eigenvalue weighted by atomic mass is 10.00. The SMILES string of the molecule is COc1ccc2c(c1)C(c1ccc(Cl)cc1)=N[C@@H](CC(=O)NCCNC(C)=O)c1nnc(C)n1-2. The van der Waals surface area contributed by atoms with E-state index in [1.165, 1.54) is 6.92 Å². The van der Waals surface area contributed by atoms with Gasteiger partial charge in [-0.1, -0.05) is 23.7 Å². The van der Waals surface area contributed by atoms with E-state index in [1.54, 1.807) is 19.2 Å². The molecule has 0 bridgehead atoms. The van der Waals surface area contributed by atoms with Crippen LogP contribution in [-0.2, 0) is 9.59 Å². The van der Waals surface area contributed by atoms with Gasteiger partial charge in [-0.3, -0.25) is 19.1 Å². The molecule has 0 aliphatic carbocycles. The number of carbonyl (C=O) groups is 2. The van der Waals surface area contributed by atoms with E-state index < -0.39 is 6.04 Å². The van der Waals surface area contributed by atoms with E-state index in [9.17, 15) is 9.59 Å². The van der Waals surface area contributed by atoms with Gasteiger partial charge in [0.1, 0.15) is 17.6 Å². The lowest BCUT2D eigenvalue weighted by Crippen LogP contribution is -2.34. The summed E-state index contributed by atoms with van der Waals surface area (Å²) in [5, 5.41) is 14.7. The van der Waals surface area contributed by atoms with Crippen LogP contribution in [0.2, 0.25) is 5.02 Å². The van der Waals surface area contributed by atoms with Crippen molar-refractivity contribution in [3.8, 4) is 11.4 Å². The largest absolute Gasteiger partial charge is 0.497 e. The number of nitrogens with zero attached hydrogens (tertiary/aromatic N) is 4. The second-order valence-electron chi connectivity index (χ2n) is 7.86. The number of ether oxygens (including phenoxy) is 1. The predicted octanol–water partition coefficient (Wildman–Crippen LogP) is 2.77. The van der Waals surface area contributed by atoms with Crippen molar-refractivity contribution in [1.82, 2.24) is 25.4 Å². The third-order valence-electron chi connectivity index (χ3n) is 5.45. The predicted molar refractivity (Wildman–Crippen MR) is 129 cm³/mol. The minimum Gasteiger partial charge on any atom is -0.497 e. The molecule has 9 nitrogen and oxygen atoms in total. The van der Waals surface area contributed by atoms with Crippen LogP contribution < -0.4 is 15.4 Å². The molecule has 4 rings (SSSR count). The van der Waals surface area contributed by atoms with E-state index in [1.807, 2.05) is 41.8 Å². The van der Waals surface area contributed by atoms with Crippen LogP contribution >= 0.6 is 11.6 Å². The fourth-order valence-electron chi connectivity index (χ4n) is 3.87. The third kappa shape index (κ3) is 4.94. The summed E-state index contributed by atoms with van der Waals surface area (Å²) in [7, 11) is 1.61. The number of amides is 2. The van der Waals surface area contributed by atoms with Crippen LogP contribution in [0.3, 0.4) is 0 Å². The lowest BCUT2D eigenvalue weighted by Gasteiger charge is -2.14. The summed E-state index contributed by atoms with van der Waals surface area (Å²) in [5.74, 6) is 1.59. The summed E-state index contributed by atoms with van der Waals surface area (Å²) in [4.78, 5) is 28.8. The highest BCUT2D eigenvalue weighted by atomic mass is 35.5. The van der Waals surface area contributed by atoms with E-state index in [4.69, 9.17) is 21.3 Å². The molecule has 3 aromatic rings. The fraction of sp³-hybridized carbons (Fsp3) is 0.292. The maximum Gasteiger partial charge on any atom is 0.222 e. The summed E-state index contributed by atoms with van der Waals surface area (Å²) in [6.45, 7) is 3.97. The Hall–Kier alpha value is -3.72. The monoisotopic (exact) mass is 480 g/mol. The molecule has 0 radical (unpaired) electrons. The number of hydrogen-bond acceptors (Lipinski definition) is 6. The fourth-order valence-corrected chi connectivity index (χ4v) is 3.99. The van der Waals surface area contributed by atoms with Gasteiger partial charge >= 0.3 is 0 Å². The Morgan fingerprint density at radius 3 is 2.53 bits per heavy atom. The van der Waals surface area contributed by atoms with Crippen molar-refractivity contribution in [1.29, 1.82) is 0 Å². The minimum atomic E-state index is -0.578. The second-order valence-corrected chi connectivity index (χ2v) is 8.30. The molecule has 10 heteroatoms. The number of rotatable bonds is 7. The molecule has 1 atom stereocenters. The Balaban J connectivity index is 1.76. The summed E-state index contributed by atoms with van der Waals surface area (Å²) in [6.07, 6.45) is 0.0699. The molecule has 0 saturated heterocycles. The van der Waals surface area contributed by atoms with Crippen molar-refractivity contribution in [2.24, 2.45) is 4.99 Å². The van der Waals surface area contributed by atoms with Crippen molar-refractivity contribution in [3.63, 3.8) is 0 Å². The lowest BCUT2D eigenvalue weighted by molar-refractivity contribution is -0.122. The molecule has 2 amide bonds. The van der Waals surface area contributed by atoms with Gasteiger partial charge in [-0.25, -0.2) is 0 Å². The van der Waals surface area contributed by atoms with Crippen molar-refractivity contribution >= 4 is 29.1 Å². The van der Waals surface area contributed by atoms with E-state index >= 15 is 0 Å². The van der Waals surface area contributed by atoms with Crippen molar-refractivity contribution in [2.75, 3.05) is 20.2 Å². The number of halogens is 1. The Labute approximate surface area is 202 Å².